The molecule has 0 amide bonds. The van der Waals surface area contributed by atoms with E-state index in [9.17, 15) is 30.3 Å². The molecule has 0 saturated heterocycles. The van der Waals surface area contributed by atoms with Crippen LogP contribution in [0.1, 0.15) is 40.0 Å². The van der Waals surface area contributed by atoms with Crippen LogP contribution >= 0.6 is 0 Å². The van der Waals surface area contributed by atoms with Crippen molar-refractivity contribution in [3.63, 3.8) is 0 Å². The maximum atomic E-state index is 11.9. The maximum absolute atomic E-state index is 11.9. The van der Waals surface area contributed by atoms with Gasteiger partial charge in [0, 0.05) is 12.5 Å². The van der Waals surface area contributed by atoms with Crippen molar-refractivity contribution in [1.82, 2.24) is 0 Å². The van der Waals surface area contributed by atoms with Crippen LogP contribution in [0.5, 0.6) is 0 Å². The van der Waals surface area contributed by atoms with E-state index >= 15 is 0 Å². The van der Waals surface area contributed by atoms with Crippen LogP contribution in [-0.2, 0) is 0 Å². The number of non-ortho nitro benzene ring substituents is 1. The molecule has 0 N–H and O–H groups in total. The Morgan fingerprint density at radius 1 is 1.11 bits per heavy atom. The van der Waals surface area contributed by atoms with Crippen LogP contribution in [0.3, 0.4) is 0 Å². The third kappa shape index (κ3) is 4.07. The first-order valence-corrected chi connectivity index (χ1v) is 8.58. The Labute approximate surface area is 154 Å². The van der Waals surface area contributed by atoms with E-state index in [4.69, 9.17) is 0 Å². The molecule has 3 atom stereocenters. The van der Waals surface area contributed by atoms with Crippen LogP contribution in [0.4, 0.5) is 17.1 Å². The van der Waals surface area contributed by atoms with Crippen LogP contribution in [0.25, 0.3) is 0 Å². The molecule has 1 fully saturated rings. The molecule has 0 unspecified atom stereocenters. The lowest BCUT2D eigenvalue weighted by molar-refractivity contribution is -0.588. The topological polar surface area (TPSA) is 154 Å². The lowest BCUT2D eigenvalue weighted by Gasteiger charge is -2.37. The summed E-state index contributed by atoms with van der Waals surface area (Å²) < 4.78 is 0. The van der Waals surface area contributed by atoms with E-state index < -0.39 is 31.8 Å². The van der Waals surface area contributed by atoms with E-state index in [-0.39, 0.29) is 29.9 Å². The Bertz CT molecular complexity index is 796. The maximum Gasteiger partial charge on any atom is 0.332 e. The quantitative estimate of drug-likeness (QED) is 0.398. The zero-order valence-electron chi connectivity index (χ0n) is 15.3. The molecular formula is C16H21N5O6. The number of azo groups is 1. The van der Waals surface area contributed by atoms with Gasteiger partial charge in [-0.15, -0.1) is 10.2 Å². The monoisotopic (exact) mass is 379 g/mol. The van der Waals surface area contributed by atoms with Gasteiger partial charge in [0.1, 0.15) is 0 Å². The molecule has 1 aromatic carbocycles. The summed E-state index contributed by atoms with van der Waals surface area (Å²) in [5.41, 5.74) is -2.98. The minimum Gasteiger partial charge on any atom is -0.262 e. The van der Waals surface area contributed by atoms with Crippen molar-refractivity contribution in [3.8, 4) is 0 Å². The second-order valence-electron chi connectivity index (χ2n) is 7.26. The number of rotatable bonds is 6. The van der Waals surface area contributed by atoms with Crippen molar-refractivity contribution in [2.45, 2.75) is 45.7 Å². The van der Waals surface area contributed by atoms with E-state index in [0.29, 0.717) is 6.42 Å². The number of nitro benzene ring substituents is 2. The fourth-order valence-corrected chi connectivity index (χ4v) is 3.69. The fourth-order valence-electron chi connectivity index (χ4n) is 3.69. The van der Waals surface area contributed by atoms with Crippen LogP contribution in [0.15, 0.2) is 28.4 Å². The van der Waals surface area contributed by atoms with Crippen molar-refractivity contribution < 1.29 is 14.8 Å². The third-order valence-corrected chi connectivity index (χ3v) is 5.03. The first-order valence-electron chi connectivity index (χ1n) is 8.58. The molecule has 27 heavy (non-hydrogen) atoms. The summed E-state index contributed by atoms with van der Waals surface area (Å²) in [6.07, 6.45) is 1.64. The Hall–Kier alpha value is -2.98. The molecule has 0 bridgehead atoms. The van der Waals surface area contributed by atoms with Gasteiger partial charge in [-0.2, -0.15) is 0 Å². The van der Waals surface area contributed by atoms with Crippen molar-refractivity contribution in [2.75, 3.05) is 0 Å². The van der Waals surface area contributed by atoms with Gasteiger partial charge in [-0.1, -0.05) is 20.8 Å². The zero-order chi connectivity index (χ0) is 20.4. The summed E-state index contributed by atoms with van der Waals surface area (Å²) in [6.45, 7) is 5.66. The normalized spacial score (nSPS) is 25.6. The van der Waals surface area contributed by atoms with E-state index in [1.165, 1.54) is 0 Å². The first-order chi connectivity index (χ1) is 12.6. The van der Waals surface area contributed by atoms with Gasteiger partial charge in [0.25, 0.3) is 5.69 Å². The van der Waals surface area contributed by atoms with Crippen molar-refractivity contribution in [1.29, 1.82) is 0 Å². The molecule has 11 heteroatoms. The summed E-state index contributed by atoms with van der Waals surface area (Å²) in [6, 6.07) is 2.92. The van der Waals surface area contributed by atoms with Crippen LogP contribution in [0.2, 0.25) is 0 Å². The van der Waals surface area contributed by atoms with Crippen molar-refractivity contribution >= 4 is 17.1 Å². The lowest BCUT2D eigenvalue weighted by atomic mass is 9.70. The second-order valence-corrected chi connectivity index (χ2v) is 7.26. The third-order valence-electron chi connectivity index (χ3n) is 5.03. The van der Waals surface area contributed by atoms with Crippen LogP contribution in [0, 0.1) is 48.1 Å². The van der Waals surface area contributed by atoms with Gasteiger partial charge in [-0.05, 0) is 30.7 Å². The second kappa shape index (κ2) is 7.72. The summed E-state index contributed by atoms with van der Waals surface area (Å²) in [5.74, 6) is -0.311. The molecule has 1 saturated carbocycles. The number of nitrogens with zero attached hydrogens (tertiary/aromatic N) is 5. The molecule has 0 spiro atoms. The highest BCUT2D eigenvalue weighted by atomic mass is 16.6. The van der Waals surface area contributed by atoms with E-state index in [1.54, 1.807) is 0 Å². The highest BCUT2D eigenvalue weighted by Gasteiger charge is 2.55. The highest BCUT2D eigenvalue weighted by molar-refractivity contribution is 5.61. The minimum atomic E-state index is -1.67. The van der Waals surface area contributed by atoms with E-state index in [2.05, 4.69) is 10.2 Å². The smallest absolute Gasteiger partial charge is 0.262 e. The molecule has 0 radical (unpaired) electrons. The van der Waals surface area contributed by atoms with Gasteiger partial charge in [0.2, 0.25) is 0 Å². The average molecular weight is 379 g/mol. The minimum absolute atomic E-state index is 0.0197. The molecule has 0 aliphatic heterocycles. The molecule has 146 valence electrons. The number of hydrogen-bond donors (Lipinski definition) is 0. The molecule has 0 aromatic heterocycles. The number of hydrogen-bond acceptors (Lipinski definition) is 8. The number of benzene rings is 1. The van der Waals surface area contributed by atoms with Crippen LogP contribution in [-0.4, -0.2) is 20.4 Å². The predicted octanol–water partition coefficient (Wildman–Crippen LogP) is 4.65. The van der Waals surface area contributed by atoms with Gasteiger partial charge < -0.3 is 0 Å². The Morgan fingerprint density at radius 2 is 1.78 bits per heavy atom. The number of nitro groups is 3. The summed E-state index contributed by atoms with van der Waals surface area (Å²) in [5, 5.41) is 41.8. The molecule has 2 rings (SSSR count). The lowest BCUT2D eigenvalue weighted by Crippen LogP contribution is -2.49. The van der Waals surface area contributed by atoms with Crippen molar-refractivity contribution in [2.24, 2.45) is 28.0 Å². The van der Waals surface area contributed by atoms with Crippen LogP contribution < -0.4 is 0 Å². The van der Waals surface area contributed by atoms with Gasteiger partial charge in [0.05, 0.1) is 26.8 Å². The van der Waals surface area contributed by atoms with E-state index in [1.807, 2.05) is 20.8 Å². The highest BCUT2D eigenvalue weighted by Crippen LogP contribution is 2.45. The molecule has 1 aliphatic carbocycles. The first kappa shape index (κ1) is 20.3. The summed E-state index contributed by atoms with van der Waals surface area (Å²) in [7, 11) is 0. The molecule has 11 nitrogen and oxygen atoms in total. The van der Waals surface area contributed by atoms with Crippen molar-refractivity contribution in [3.05, 3.63) is 48.5 Å². The summed E-state index contributed by atoms with van der Waals surface area (Å²) in [4.78, 5) is 32.0. The summed E-state index contributed by atoms with van der Waals surface area (Å²) >= 11 is 0. The van der Waals surface area contributed by atoms with E-state index in [0.717, 1.165) is 24.6 Å². The average Bonchev–Trinajstić information content (AvgIpc) is 2.59. The van der Waals surface area contributed by atoms with Gasteiger partial charge in [0.15, 0.2) is 5.69 Å². The fraction of sp³-hybridized carbons (Fsp3) is 0.625. The predicted molar refractivity (Wildman–Crippen MR) is 95.3 cm³/mol. The standard InChI is InChI=1S/C16H21N5O6/c1-10(2)13-6-4-11(3)9-16(13,21(26)27)18-17-14-7-5-12(19(22)23)8-15(14)20(24)25/h5,7-8,10-11,13H,4,6,9H2,1-3H3/t11-,13+,16-/m0/s1. The molecule has 0 heterocycles. The SMILES string of the molecule is CC(C)[C@H]1CC[C@H](C)C[C@]1(N=Nc1ccc([N+](=O)[O-])cc1[N+](=O)[O-])[N+](=O)[O-]. The van der Waals surface area contributed by atoms with Gasteiger partial charge in [-0.3, -0.25) is 30.3 Å². The van der Waals surface area contributed by atoms with Gasteiger partial charge >= 0.3 is 11.4 Å². The Morgan fingerprint density at radius 3 is 2.30 bits per heavy atom. The molecule has 1 aliphatic rings. The Balaban J connectivity index is 2.53. The molecule has 1 aromatic rings. The zero-order valence-corrected chi connectivity index (χ0v) is 15.3. The Kier molecular flexibility index (Phi) is 5.82. The largest absolute Gasteiger partial charge is 0.332 e. The molecular weight excluding hydrogens is 358 g/mol. The van der Waals surface area contributed by atoms with Gasteiger partial charge in [-0.25, -0.2) is 0 Å².